The molecular formula is C24H23NO5. The summed E-state index contributed by atoms with van der Waals surface area (Å²) in [5, 5.41) is 2.87. The molecule has 0 saturated carbocycles. The first-order chi connectivity index (χ1) is 14.7. The van der Waals surface area contributed by atoms with Crippen LogP contribution >= 0.6 is 0 Å². The Labute approximate surface area is 175 Å². The van der Waals surface area contributed by atoms with Gasteiger partial charge in [-0.1, -0.05) is 42.5 Å². The number of carbonyl (C=O) groups excluding carboxylic acids is 2. The maximum Gasteiger partial charge on any atom is 0.337 e. The Morgan fingerprint density at radius 3 is 2.20 bits per heavy atom. The molecule has 0 aliphatic rings. The smallest absolute Gasteiger partial charge is 0.337 e. The largest absolute Gasteiger partial charge is 0.490 e. The zero-order valence-corrected chi connectivity index (χ0v) is 16.7. The molecule has 0 saturated heterocycles. The molecule has 0 spiro atoms. The van der Waals surface area contributed by atoms with E-state index in [0.29, 0.717) is 36.6 Å². The van der Waals surface area contributed by atoms with Crippen LogP contribution in [0.25, 0.3) is 0 Å². The standard InChI is InChI=1S/C24H23NO5/c1-28-24(27)19-13-11-18(12-14-19)17-25-23(26)21-9-5-6-10-22(21)30-16-15-29-20-7-3-2-4-8-20/h2-14H,15-17H2,1H3,(H,25,26). The van der Waals surface area contributed by atoms with E-state index in [9.17, 15) is 9.59 Å². The van der Waals surface area contributed by atoms with Crippen molar-refractivity contribution in [1.29, 1.82) is 0 Å². The van der Waals surface area contributed by atoms with E-state index in [1.807, 2.05) is 36.4 Å². The first-order valence-corrected chi connectivity index (χ1v) is 9.52. The van der Waals surface area contributed by atoms with Gasteiger partial charge < -0.3 is 19.5 Å². The van der Waals surface area contributed by atoms with Crippen LogP contribution in [0.1, 0.15) is 26.3 Å². The molecule has 0 bridgehead atoms. The highest BCUT2D eigenvalue weighted by molar-refractivity contribution is 5.96. The van der Waals surface area contributed by atoms with Crippen LogP contribution < -0.4 is 14.8 Å². The number of hydrogen-bond donors (Lipinski definition) is 1. The van der Waals surface area contributed by atoms with Crippen molar-refractivity contribution in [2.75, 3.05) is 20.3 Å². The lowest BCUT2D eigenvalue weighted by Gasteiger charge is -2.12. The third-order valence-electron chi connectivity index (χ3n) is 4.31. The second kappa shape index (κ2) is 10.7. The minimum Gasteiger partial charge on any atom is -0.490 e. The average molecular weight is 405 g/mol. The van der Waals surface area contributed by atoms with E-state index in [4.69, 9.17) is 9.47 Å². The monoisotopic (exact) mass is 405 g/mol. The molecule has 0 radical (unpaired) electrons. The van der Waals surface area contributed by atoms with Crippen LogP contribution in [0.3, 0.4) is 0 Å². The lowest BCUT2D eigenvalue weighted by molar-refractivity contribution is 0.0600. The van der Waals surface area contributed by atoms with Gasteiger partial charge in [0.1, 0.15) is 24.7 Å². The van der Waals surface area contributed by atoms with E-state index in [0.717, 1.165) is 11.3 Å². The first-order valence-electron chi connectivity index (χ1n) is 9.52. The molecule has 6 heteroatoms. The number of rotatable bonds is 9. The fourth-order valence-electron chi connectivity index (χ4n) is 2.76. The number of esters is 1. The number of carbonyl (C=O) groups is 2. The van der Waals surface area contributed by atoms with Crippen LogP contribution in [0.2, 0.25) is 0 Å². The normalized spacial score (nSPS) is 10.2. The third-order valence-corrected chi connectivity index (χ3v) is 4.31. The molecule has 3 aromatic carbocycles. The summed E-state index contributed by atoms with van der Waals surface area (Å²) in [4.78, 5) is 24.1. The van der Waals surface area contributed by atoms with Crippen LogP contribution in [0.4, 0.5) is 0 Å². The van der Waals surface area contributed by atoms with Gasteiger partial charge in [0.15, 0.2) is 0 Å². The minimum atomic E-state index is -0.395. The van der Waals surface area contributed by atoms with E-state index in [1.54, 1.807) is 42.5 Å². The highest BCUT2D eigenvalue weighted by atomic mass is 16.5. The Morgan fingerprint density at radius 2 is 1.47 bits per heavy atom. The lowest BCUT2D eigenvalue weighted by Crippen LogP contribution is -2.24. The summed E-state index contributed by atoms with van der Waals surface area (Å²) >= 11 is 0. The molecular weight excluding hydrogens is 382 g/mol. The summed E-state index contributed by atoms with van der Waals surface area (Å²) in [6.07, 6.45) is 0. The van der Waals surface area contributed by atoms with Gasteiger partial charge in [0.05, 0.1) is 18.2 Å². The maximum absolute atomic E-state index is 12.6. The van der Waals surface area contributed by atoms with Gasteiger partial charge in [-0.3, -0.25) is 4.79 Å². The zero-order valence-electron chi connectivity index (χ0n) is 16.7. The number of nitrogens with one attached hydrogen (secondary N) is 1. The van der Waals surface area contributed by atoms with Crippen molar-refractivity contribution in [3.05, 3.63) is 95.6 Å². The molecule has 3 rings (SSSR count). The zero-order chi connectivity index (χ0) is 21.2. The second-order valence-corrected chi connectivity index (χ2v) is 6.38. The quantitative estimate of drug-likeness (QED) is 0.432. The molecule has 0 fully saturated rings. The molecule has 1 amide bonds. The Morgan fingerprint density at radius 1 is 0.800 bits per heavy atom. The van der Waals surface area contributed by atoms with Gasteiger partial charge in [0.25, 0.3) is 5.91 Å². The minimum absolute atomic E-state index is 0.244. The summed E-state index contributed by atoms with van der Waals surface area (Å²) in [5.41, 5.74) is 1.78. The van der Waals surface area contributed by atoms with Crippen molar-refractivity contribution in [3.63, 3.8) is 0 Å². The van der Waals surface area contributed by atoms with Crippen molar-refractivity contribution < 1.29 is 23.8 Å². The summed E-state index contributed by atoms with van der Waals surface area (Å²) in [5.74, 6) is 0.623. The maximum atomic E-state index is 12.6. The van der Waals surface area contributed by atoms with Crippen molar-refractivity contribution in [3.8, 4) is 11.5 Å². The van der Waals surface area contributed by atoms with Crippen molar-refractivity contribution in [1.82, 2.24) is 5.32 Å². The van der Waals surface area contributed by atoms with E-state index < -0.39 is 5.97 Å². The molecule has 1 N–H and O–H groups in total. The van der Waals surface area contributed by atoms with Crippen LogP contribution in [0, 0.1) is 0 Å². The summed E-state index contributed by atoms with van der Waals surface area (Å²) in [6.45, 7) is 1.01. The Hall–Kier alpha value is -3.80. The van der Waals surface area contributed by atoms with Gasteiger partial charge >= 0.3 is 5.97 Å². The highest BCUT2D eigenvalue weighted by Gasteiger charge is 2.12. The van der Waals surface area contributed by atoms with Crippen LogP contribution in [0.15, 0.2) is 78.9 Å². The number of amides is 1. The number of para-hydroxylation sites is 2. The van der Waals surface area contributed by atoms with Crippen LogP contribution in [-0.4, -0.2) is 32.2 Å². The summed E-state index contributed by atoms with van der Waals surface area (Å²) in [7, 11) is 1.34. The SMILES string of the molecule is COC(=O)c1ccc(CNC(=O)c2ccccc2OCCOc2ccccc2)cc1. The Balaban J connectivity index is 1.52. The van der Waals surface area contributed by atoms with E-state index >= 15 is 0 Å². The summed E-state index contributed by atoms with van der Waals surface area (Å²) < 4.78 is 16.0. The Kier molecular flexibility index (Phi) is 7.44. The number of hydrogen-bond acceptors (Lipinski definition) is 5. The Bertz CT molecular complexity index is 970. The number of benzene rings is 3. The topological polar surface area (TPSA) is 73.9 Å². The fourth-order valence-corrected chi connectivity index (χ4v) is 2.76. The van der Waals surface area contributed by atoms with Crippen LogP contribution in [0.5, 0.6) is 11.5 Å². The van der Waals surface area contributed by atoms with E-state index in [1.165, 1.54) is 7.11 Å². The van der Waals surface area contributed by atoms with Gasteiger partial charge in [-0.25, -0.2) is 4.79 Å². The molecule has 154 valence electrons. The van der Waals surface area contributed by atoms with Crippen molar-refractivity contribution >= 4 is 11.9 Å². The van der Waals surface area contributed by atoms with Gasteiger partial charge in [0.2, 0.25) is 0 Å². The number of ether oxygens (including phenoxy) is 3. The lowest BCUT2D eigenvalue weighted by atomic mass is 10.1. The van der Waals surface area contributed by atoms with Gasteiger partial charge in [0, 0.05) is 6.54 Å². The predicted molar refractivity (Wildman–Crippen MR) is 113 cm³/mol. The van der Waals surface area contributed by atoms with E-state index in [2.05, 4.69) is 10.1 Å². The molecule has 0 aliphatic heterocycles. The third kappa shape index (κ3) is 5.85. The molecule has 0 aliphatic carbocycles. The van der Waals surface area contributed by atoms with Crippen molar-refractivity contribution in [2.45, 2.75) is 6.54 Å². The molecule has 6 nitrogen and oxygen atoms in total. The first kappa shape index (κ1) is 20.9. The molecule has 0 unspecified atom stereocenters. The van der Waals surface area contributed by atoms with Gasteiger partial charge in [-0.05, 0) is 42.0 Å². The molecule has 30 heavy (non-hydrogen) atoms. The fraction of sp³-hybridized carbons (Fsp3) is 0.167. The molecule has 0 heterocycles. The average Bonchev–Trinajstić information content (AvgIpc) is 2.81. The van der Waals surface area contributed by atoms with Gasteiger partial charge in [-0.2, -0.15) is 0 Å². The van der Waals surface area contributed by atoms with Crippen molar-refractivity contribution in [2.24, 2.45) is 0 Å². The second-order valence-electron chi connectivity index (χ2n) is 6.38. The predicted octanol–water partition coefficient (Wildman–Crippen LogP) is 3.86. The highest BCUT2D eigenvalue weighted by Crippen LogP contribution is 2.18. The molecule has 0 atom stereocenters. The molecule has 0 aromatic heterocycles. The summed E-state index contributed by atoms with van der Waals surface area (Å²) in [6, 6.07) is 23.4. The van der Waals surface area contributed by atoms with E-state index in [-0.39, 0.29) is 5.91 Å². The van der Waals surface area contributed by atoms with Gasteiger partial charge in [-0.15, -0.1) is 0 Å². The number of methoxy groups -OCH3 is 1. The molecule has 3 aromatic rings. The van der Waals surface area contributed by atoms with Crippen LogP contribution in [-0.2, 0) is 11.3 Å².